The second-order valence-electron chi connectivity index (χ2n) is 8.24. The van der Waals surface area contributed by atoms with Crippen molar-refractivity contribution < 1.29 is 5.11 Å². The lowest BCUT2D eigenvalue weighted by atomic mass is 9.67. The SMILES string of the molecule is CC1CC(C)CC(C2(O)CCCC(C)(C)CC2)C1. The summed E-state index contributed by atoms with van der Waals surface area (Å²) in [6.45, 7) is 9.47. The molecule has 0 amide bonds. The molecule has 0 spiro atoms. The maximum Gasteiger partial charge on any atom is 0.0676 e. The molecule has 2 fully saturated rings. The highest BCUT2D eigenvalue weighted by Crippen LogP contribution is 2.47. The molecule has 18 heavy (non-hydrogen) atoms. The molecule has 3 atom stereocenters. The van der Waals surface area contributed by atoms with Crippen LogP contribution >= 0.6 is 0 Å². The van der Waals surface area contributed by atoms with Gasteiger partial charge in [-0.2, -0.15) is 0 Å². The molecule has 0 aliphatic heterocycles. The molecular formula is C17H32O. The largest absolute Gasteiger partial charge is 0.390 e. The number of rotatable bonds is 1. The van der Waals surface area contributed by atoms with E-state index >= 15 is 0 Å². The molecule has 0 aromatic carbocycles. The minimum absolute atomic E-state index is 0.350. The van der Waals surface area contributed by atoms with Gasteiger partial charge in [-0.3, -0.25) is 0 Å². The summed E-state index contributed by atoms with van der Waals surface area (Å²) in [6, 6.07) is 0. The summed E-state index contributed by atoms with van der Waals surface area (Å²) in [7, 11) is 0. The molecule has 1 N–H and O–H groups in total. The molecule has 0 radical (unpaired) electrons. The Kier molecular flexibility index (Phi) is 4.11. The fourth-order valence-corrected chi connectivity index (χ4v) is 4.47. The van der Waals surface area contributed by atoms with Crippen molar-refractivity contribution in [2.75, 3.05) is 0 Å². The monoisotopic (exact) mass is 252 g/mol. The summed E-state index contributed by atoms with van der Waals surface area (Å²) < 4.78 is 0. The van der Waals surface area contributed by atoms with Crippen molar-refractivity contribution in [3.8, 4) is 0 Å². The van der Waals surface area contributed by atoms with Crippen LogP contribution in [0.4, 0.5) is 0 Å². The van der Waals surface area contributed by atoms with E-state index < -0.39 is 0 Å². The fraction of sp³-hybridized carbons (Fsp3) is 1.00. The van der Waals surface area contributed by atoms with Gasteiger partial charge in [0.15, 0.2) is 0 Å². The van der Waals surface area contributed by atoms with Crippen LogP contribution in [-0.4, -0.2) is 10.7 Å². The van der Waals surface area contributed by atoms with Crippen LogP contribution in [0.1, 0.15) is 79.1 Å². The molecule has 2 aliphatic carbocycles. The molecule has 0 saturated heterocycles. The van der Waals surface area contributed by atoms with E-state index in [1.165, 1.54) is 38.5 Å². The first-order valence-corrected chi connectivity index (χ1v) is 8.03. The minimum Gasteiger partial charge on any atom is -0.390 e. The van der Waals surface area contributed by atoms with E-state index in [1.807, 2.05) is 0 Å². The summed E-state index contributed by atoms with van der Waals surface area (Å²) in [5.74, 6) is 2.17. The zero-order valence-corrected chi connectivity index (χ0v) is 12.8. The van der Waals surface area contributed by atoms with Crippen molar-refractivity contribution >= 4 is 0 Å². The Morgan fingerprint density at radius 1 is 0.833 bits per heavy atom. The minimum atomic E-state index is -0.350. The highest BCUT2D eigenvalue weighted by atomic mass is 16.3. The summed E-state index contributed by atoms with van der Waals surface area (Å²) >= 11 is 0. The summed E-state index contributed by atoms with van der Waals surface area (Å²) in [5, 5.41) is 11.1. The third-order valence-electron chi connectivity index (χ3n) is 5.64. The Balaban J connectivity index is 2.05. The number of aliphatic hydroxyl groups is 1. The van der Waals surface area contributed by atoms with E-state index in [4.69, 9.17) is 0 Å². The fourth-order valence-electron chi connectivity index (χ4n) is 4.47. The van der Waals surface area contributed by atoms with Crippen molar-refractivity contribution in [2.24, 2.45) is 23.2 Å². The van der Waals surface area contributed by atoms with Crippen LogP contribution in [0.25, 0.3) is 0 Å². The Morgan fingerprint density at radius 3 is 2.06 bits per heavy atom. The van der Waals surface area contributed by atoms with Crippen molar-refractivity contribution in [2.45, 2.75) is 84.7 Å². The molecule has 0 aromatic rings. The lowest BCUT2D eigenvalue weighted by Crippen LogP contribution is -2.41. The Morgan fingerprint density at radius 2 is 1.44 bits per heavy atom. The van der Waals surface area contributed by atoms with Gasteiger partial charge in [-0.25, -0.2) is 0 Å². The van der Waals surface area contributed by atoms with Crippen molar-refractivity contribution in [1.29, 1.82) is 0 Å². The van der Waals surface area contributed by atoms with Crippen LogP contribution in [0.2, 0.25) is 0 Å². The van der Waals surface area contributed by atoms with E-state index in [2.05, 4.69) is 27.7 Å². The van der Waals surface area contributed by atoms with Gasteiger partial charge in [-0.1, -0.05) is 34.1 Å². The lowest BCUT2D eigenvalue weighted by molar-refractivity contribution is -0.0611. The highest BCUT2D eigenvalue weighted by Gasteiger charge is 2.42. The predicted molar refractivity (Wildman–Crippen MR) is 77.5 cm³/mol. The molecule has 106 valence electrons. The van der Waals surface area contributed by atoms with Crippen LogP contribution in [-0.2, 0) is 0 Å². The van der Waals surface area contributed by atoms with Crippen molar-refractivity contribution in [3.63, 3.8) is 0 Å². The zero-order chi connectivity index (χ0) is 13.4. The second-order valence-corrected chi connectivity index (χ2v) is 8.24. The molecule has 1 heteroatoms. The van der Waals surface area contributed by atoms with Crippen LogP contribution in [0, 0.1) is 23.2 Å². The van der Waals surface area contributed by atoms with E-state index in [0.717, 1.165) is 24.7 Å². The normalized spacial score (nSPS) is 45.5. The van der Waals surface area contributed by atoms with Gasteiger partial charge in [0.05, 0.1) is 5.60 Å². The number of hydrogen-bond donors (Lipinski definition) is 1. The Hall–Kier alpha value is -0.0400. The van der Waals surface area contributed by atoms with Gasteiger partial charge >= 0.3 is 0 Å². The standard InChI is InChI=1S/C17H32O/c1-13-10-14(2)12-15(11-13)17(18)7-5-6-16(3,4)8-9-17/h13-15,18H,5-12H2,1-4H3. The van der Waals surface area contributed by atoms with E-state index in [1.54, 1.807) is 0 Å². The molecule has 2 aliphatic rings. The van der Waals surface area contributed by atoms with Gasteiger partial charge in [0.2, 0.25) is 0 Å². The summed E-state index contributed by atoms with van der Waals surface area (Å²) in [6.07, 6.45) is 9.63. The third-order valence-corrected chi connectivity index (χ3v) is 5.64. The van der Waals surface area contributed by atoms with Gasteiger partial charge in [0.25, 0.3) is 0 Å². The zero-order valence-electron chi connectivity index (χ0n) is 12.8. The van der Waals surface area contributed by atoms with E-state index in [0.29, 0.717) is 11.3 Å². The smallest absolute Gasteiger partial charge is 0.0676 e. The Labute approximate surface area is 113 Å². The molecule has 2 saturated carbocycles. The maximum atomic E-state index is 11.1. The molecular weight excluding hydrogens is 220 g/mol. The third kappa shape index (κ3) is 3.29. The van der Waals surface area contributed by atoms with Gasteiger partial charge in [0.1, 0.15) is 0 Å². The van der Waals surface area contributed by atoms with E-state index in [9.17, 15) is 5.11 Å². The maximum absolute atomic E-state index is 11.1. The Bertz CT molecular complexity index is 273. The average Bonchev–Trinajstić information content (AvgIpc) is 2.38. The quantitative estimate of drug-likeness (QED) is 0.666. The van der Waals surface area contributed by atoms with Gasteiger partial charge < -0.3 is 5.11 Å². The molecule has 1 nitrogen and oxygen atoms in total. The van der Waals surface area contributed by atoms with Crippen LogP contribution in [0.15, 0.2) is 0 Å². The second kappa shape index (κ2) is 5.15. The van der Waals surface area contributed by atoms with Crippen LogP contribution in [0.5, 0.6) is 0 Å². The summed E-state index contributed by atoms with van der Waals surface area (Å²) in [4.78, 5) is 0. The molecule has 3 unspecified atom stereocenters. The summed E-state index contributed by atoms with van der Waals surface area (Å²) in [5.41, 5.74) is 0.0904. The molecule has 0 heterocycles. The van der Waals surface area contributed by atoms with Crippen LogP contribution < -0.4 is 0 Å². The van der Waals surface area contributed by atoms with Gasteiger partial charge in [0, 0.05) is 0 Å². The first-order chi connectivity index (χ1) is 8.31. The lowest BCUT2D eigenvalue weighted by Gasteiger charge is -2.42. The first-order valence-electron chi connectivity index (χ1n) is 8.03. The molecule has 2 rings (SSSR count). The van der Waals surface area contributed by atoms with Crippen molar-refractivity contribution in [1.82, 2.24) is 0 Å². The van der Waals surface area contributed by atoms with Crippen LogP contribution in [0.3, 0.4) is 0 Å². The highest BCUT2D eigenvalue weighted by molar-refractivity contribution is 4.94. The molecule has 0 aromatic heterocycles. The van der Waals surface area contributed by atoms with Crippen molar-refractivity contribution in [3.05, 3.63) is 0 Å². The topological polar surface area (TPSA) is 20.2 Å². The van der Waals surface area contributed by atoms with Gasteiger partial charge in [-0.15, -0.1) is 0 Å². The molecule has 0 bridgehead atoms. The first kappa shape index (κ1) is 14.4. The average molecular weight is 252 g/mol. The number of hydrogen-bond acceptors (Lipinski definition) is 1. The predicted octanol–water partition coefficient (Wildman–Crippen LogP) is 4.78. The van der Waals surface area contributed by atoms with E-state index in [-0.39, 0.29) is 5.60 Å². The van der Waals surface area contributed by atoms with Gasteiger partial charge in [-0.05, 0) is 68.1 Å².